The van der Waals surface area contributed by atoms with Crippen LogP contribution in [0.15, 0.2) is 60.8 Å². The molecule has 0 aliphatic rings. The second kappa shape index (κ2) is 7.62. The number of fused-ring (bicyclic) bond motifs is 2. The number of hydrogen-bond acceptors (Lipinski definition) is 5. The Kier molecular flexibility index (Phi) is 5.24. The Labute approximate surface area is 166 Å². The number of nitrogens with zero attached hydrogens (tertiary/aromatic N) is 1. The highest BCUT2D eigenvalue weighted by atomic mass is 35.5. The fourth-order valence-corrected chi connectivity index (χ4v) is 3.03. The van der Waals surface area contributed by atoms with Crippen molar-refractivity contribution in [3.8, 4) is 23.0 Å². The fourth-order valence-electron chi connectivity index (χ4n) is 3.03. The smallest absolute Gasteiger partial charge is 0.252 e. The summed E-state index contributed by atoms with van der Waals surface area (Å²) < 4.78 is 11.3. The van der Waals surface area contributed by atoms with Crippen molar-refractivity contribution in [3.05, 3.63) is 66.4 Å². The highest BCUT2D eigenvalue weighted by Gasteiger charge is 2.14. The van der Waals surface area contributed by atoms with E-state index in [1.807, 2.05) is 12.1 Å². The zero-order valence-electron chi connectivity index (χ0n) is 14.9. The van der Waals surface area contributed by atoms with Crippen molar-refractivity contribution in [1.82, 2.24) is 4.98 Å². The Bertz CT molecular complexity index is 1190. The topological polar surface area (TPSA) is 94.7 Å². The molecule has 1 heterocycles. The molecule has 4 aromatic rings. The highest BCUT2D eigenvalue weighted by molar-refractivity contribution is 6.01. The largest absolute Gasteiger partial charge is 0.507 e. The molecular weight excluding hydrogens is 380 g/mol. The highest BCUT2D eigenvalue weighted by Crippen LogP contribution is 2.35. The molecule has 6 nitrogen and oxygen atoms in total. The van der Waals surface area contributed by atoms with Crippen LogP contribution in [0.2, 0.25) is 0 Å². The van der Waals surface area contributed by atoms with Gasteiger partial charge in [-0.1, -0.05) is 12.1 Å². The second-order valence-corrected chi connectivity index (χ2v) is 6.01. The third-order valence-corrected chi connectivity index (χ3v) is 4.34. The Balaban J connectivity index is 0.00000225. The number of rotatable bonds is 4. The number of halogens is 1. The van der Waals surface area contributed by atoms with Gasteiger partial charge >= 0.3 is 0 Å². The number of pyridine rings is 1. The van der Waals surface area contributed by atoms with Crippen molar-refractivity contribution in [2.75, 3.05) is 7.11 Å². The van der Waals surface area contributed by atoms with Gasteiger partial charge in [-0.3, -0.25) is 9.78 Å². The lowest BCUT2D eigenvalue weighted by atomic mass is 10.1. The third-order valence-electron chi connectivity index (χ3n) is 4.34. The lowest BCUT2D eigenvalue weighted by Gasteiger charge is -2.12. The number of amides is 1. The summed E-state index contributed by atoms with van der Waals surface area (Å²) in [6, 6.07) is 15.7. The van der Waals surface area contributed by atoms with Crippen molar-refractivity contribution < 1.29 is 19.4 Å². The quantitative estimate of drug-likeness (QED) is 0.532. The summed E-state index contributed by atoms with van der Waals surface area (Å²) in [5.74, 6) is 1.11. The number of benzene rings is 3. The van der Waals surface area contributed by atoms with Crippen molar-refractivity contribution in [2.24, 2.45) is 5.73 Å². The number of phenolic OH excluding ortho intramolecular Hbond substituents is 1. The molecule has 0 saturated carbocycles. The Morgan fingerprint density at radius 1 is 1.04 bits per heavy atom. The number of ether oxygens (including phenoxy) is 2. The number of methoxy groups -OCH3 is 1. The molecule has 0 spiro atoms. The maximum absolute atomic E-state index is 11.7. The van der Waals surface area contributed by atoms with E-state index in [0.29, 0.717) is 28.2 Å². The van der Waals surface area contributed by atoms with Gasteiger partial charge < -0.3 is 20.3 Å². The fraction of sp³-hybridized carbons (Fsp3) is 0.0476. The average molecular weight is 397 g/mol. The van der Waals surface area contributed by atoms with Crippen LogP contribution in [-0.4, -0.2) is 23.1 Å². The van der Waals surface area contributed by atoms with E-state index in [2.05, 4.69) is 4.98 Å². The van der Waals surface area contributed by atoms with Crippen LogP contribution in [0.1, 0.15) is 10.4 Å². The van der Waals surface area contributed by atoms with Gasteiger partial charge in [0.1, 0.15) is 23.0 Å². The maximum Gasteiger partial charge on any atom is 0.252 e. The summed E-state index contributed by atoms with van der Waals surface area (Å²) >= 11 is 0. The molecule has 3 aromatic carbocycles. The molecule has 0 unspecified atom stereocenters. The number of hydrogen-bond donors (Lipinski definition) is 2. The first-order valence-corrected chi connectivity index (χ1v) is 8.23. The monoisotopic (exact) mass is 396 g/mol. The minimum Gasteiger partial charge on any atom is -0.507 e. The molecule has 0 saturated heterocycles. The summed E-state index contributed by atoms with van der Waals surface area (Å²) in [4.78, 5) is 16.0. The molecule has 1 amide bonds. The van der Waals surface area contributed by atoms with Crippen LogP contribution in [0.25, 0.3) is 21.7 Å². The predicted octanol–water partition coefficient (Wildman–Crippen LogP) is 4.42. The van der Waals surface area contributed by atoms with E-state index in [-0.39, 0.29) is 23.7 Å². The van der Waals surface area contributed by atoms with Crippen LogP contribution in [0, 0.1) is 0 Å². The molecule has 4 rings (SSSR count). The Morgan fingerprint density at radius 2 is 1.86 bits per heavy atom. The Morgan fingerprint density at radius 3 is 2.61 bits per heavy atom. The second-order valence-electron chi connectivity index (χ2n) is 6.01. The summed E-state index contributed by atoms with van der Waals surface area (Å²) in [7, 11) is 1.47. The average Bonchev–Trinajstić information content (AvgIpc) is 2.67. The molecule has 142 valence electrons. The normalized spacial score (nSPS) is 10.5. The van der Waals surface area contributed by atoms with Crippen LogP contribution in [0.4, 0.5) is 0 Å². The number of primary amides is 1. The van der Waals surface area contributed by atoms with E-state index in [4.69, 9.17) is 15.2 Å². The van der Waals surface area contributed by atoms with E-state index in [9.17, 15) is 9.90 Å². The van der Waals surface area contributed by atoms with Gasteiger partial charge in [0.05, 0.1) is 18.2 Å². The molecule has 0 aliphatic carbocycles. The zero-order valence-corrected chi connectivity index (χ0v) is 15.7. The third kappa shape index (κ3) is 3.37. The molecule has 0 atom stereocenters. The summed E-state index contributed by atoms with van der Waals surface area (Å²) in [6.45, 7) is 0. The SMILES string of the molecule is COc1cc2nccc(Oc3ccc4c(O)cccc4c3)c2cc1C(N)=O.Cl. The zero-order chi connectivity index (χ0) is 19.0. The molecule has 0 fully saturated rings. The number of carbonyl (C=O) groups is 1. The van der Waals surface area contributed by atoms with Crippen LogP contribution < -0.4 is 15.2 Å². The minimum atomic E-state index is -0.593. The van der Waals surface area contributed by atoms with Crippen LogP contribution in [0.5, 0.6) is 23.0 Å². The van der Waals surface area contributed by atoms with Gasteiger partial charge in [-0.15, -0.1) is 12.4 Å². The van der Waals surface area contributed by atoms with Gasteiger partial charge in [0.15, 0.2) is 0 Å². The summed E-state index contributed by atoms with van der Waals surface area (Å²) in [5, 5.41) is 12.2. The Hall–Kier alpha value is -3.51. The first kappa shape index (κ1) is 19.3. The first-order valence-electron chi connectivity index (χ1n) is 8.23. The van der Waals surface area contributed by atoms with Crippen LogP contribution >= 0.6 is 12.4 Å². The number of nitrogens with two attached hydrogens (primary N) is 1. The van der Waals surface area contributed by atoms with Crippen LogP contribution in [-0.2, 0) is 0 Å². The van der Waals surface area contributed by atoms with Crippen molar-refractivity contribution in [3.63, 3.8) is 0 Å². The van der Waals surface area contributed by atoms with Gasteiger partial charge in [0.2, 0.25) is 0 Å². The number of aromatic hydroxyl groups is 1. The number of carbonyl (C=O) groups excluding carboxylic acids is 1. The number of aromatic nitrogens is 1. The van der Waals surface area contributed by atoms with E-state index in [1.54, 1.807) is 48.7 Å². The molecule has 0 bridgehead atoms. The molecule has 0 aliphatic heterocycles. The van der Waals surface area contributed by atoms with Crippen LogP contribution in [0.3, 0.4) is 0 Å². The maximum atomic E-state index is 11.7. The summed E-state index contributed by atoms with van der Waals surface area (Å²) in [5.41, 5.74) is 6.33. The predicted molar refractivity (Wildman–Crippen MR) is 110 cm³/mol. The molecule has 28 heavy (non-hydrogen) atoms. The lowest BCUT2D eigenvalue weighted by Crippen LogP contribution is -2.12. The van der Waals surface area contributed by atoms with E-state index in [0.717, 1.165) is 10.8 Å². The van der Waals surface area contributed by atoms with E-state index >= 15 is 0 Å². The lowest BCUT2D eigenvalue weighted by molar-refractivity contribution is 0.0997. The van der Waals surface area contributed by atoms with Crippen molar-refractivity contribution in [1.29, 1.82) is 0 Å². The standard InChI is InChI=1S/C21H16N2O4.ClH/c1-26-20-11-17-15(10-16(20)21(22)25)19(7-8-23-17)27-13-5-6-14-12(9-13)3-2-4-18(14)24;/h2-11,24H,1H3,(H2,22,25);1H. The van der Waals surface area contributed by atoms with Gasteiger partial charge in [-0.05, 0) is 41.8 Å². The summed E-state index contributed by atoms with van der Waals surface area (Å²) in [6.07, 6.45) is 1.62. The number of phenols is 1. The van der Waals surface area contributed by atoms with Gasteiger partial charge in [-0.25, -0.2) is 0 Å². The molecule has 0 radical (unpaired) electrons. The van der Waals surface area contributed by atoms with Crippen molar-refractivity contribution in [2.45, 2.75) is 0 Å². The molecular formula is C21H17ClN2O4. The molecule has 3 N–H and O–H groups in total. The van der Waals surface area contributed by atoms with Crippen molar-refractivity contribution >= 4 is 40.0 Å². The molecule has 1 aromatic heterocycles. The minimum absolute atomic E-state index is 0. The van der Waals surface area contributed by atoms with Gasteiger partial charge in [0.25, 0.3) is 5.91 Å². The molecule has 7 heteroatoms. The van der Waals surface area contributed by atoms with Gasteiger partial charge in [0, 0.05) is 23.0 Å². The first-order chi connectivity index (χ1) is 13.1. The van der Waals surface area contributed by atoms with E-state index < -0.39 is 5.91 Å². The van der Waals surface area contributed by atoms with E-state index in [1.165, 1.54) is 7.11 Å². The van der Waals surface area contributed by atoms with Gasteiger partial charge in [-0.2, -0.15) is 0 Å².